The molecule has 3 aromatic carbocycles. The normalized spacial score (nSPS) is 11.6. The summed E-state index contributed by atoms with van der Waals surface area (Å²) in [5.41, 5.74) is 3.52. The summed E-state index contributed by atoms with van der Waals surface area (Å²) in [7, 11) is 0. The number of anilines is 2. The van der Waals surface area contributed by atoms with Gasteiger partial charge in [-0.15, -0.1) is 23.1 Å². The van der Waals surface area contributed by atoms with Crippen LogP contribution in [0.15, 0.2) is 95.2 Å². The van der Waals surface area contributed by atoms with Gasteiger partial charge in [0.05, 0.1) is 5.69 Å². The second-order valence-electron chi connectivity index (χ2n) is 7.98. The maximum Gasteiger partial charge on any atom is 0.244 e. The second-order valence-corrected chi connectivity index (χ2v) is 10.0. The standard InChI is InChI=1S/C28H27N3O2S2/c1-2-3-14-25(32)29-22-15-17-23(18-16-22)35-26(21-12-8-5-9-13-21)27(33)31-28-30-24(19-34-28)20-10-6-4-7-11-20/h4-13,15-19,26H,2-3,14H2,1H3,(H,29,32)(H,30,31,33). The average Bonchev–Trinajstić information content (AvgIpc) is 3.36. The Kier molecular flexibility index (Phi) is 8.70. The van der Waals surface area contributed by atoms with Gasteiger partial charge in [0.25, 0.3) is 0 Å². The molecule has 0 fully saturated rings. The summed E-state index contributed by atoms with van der Waals surface area (Å²) >= 11 is 2.88. The van der Waals surface area contributed by atoms with Crippen molar-refractivity contribution in [3.05, 3.63) is 95.9 Å². The molecular weight excluding hydrogens is 474 g/mol. The molecule has 1 unspecified atom stereocenters. The van der Waals surface area contributed by atoms with Gasteiger partial charge in [-0.05, 0) is 36.2 Å². The predicted octanol–water partition coefficient (Wildman–Crippen LogP) is 7.41. The number of rotatable bonds is 10. The van der Waals surface area contributed by atoms with E-state index in [2.05, 4.69) is 22.5 Å². The van der Waals surface area contributed by atoms with Crippen LogP contribution in [0.1, 0.15) is 37.0 Å². The van der Waals surface area contributed by atoms with Crippen LogP contribution in [-0.4, -0.2) is 16.8 Å². The molecular formula is C28H27N3O2S2. The third-order valence-corrected chi connectivity index (χ3v) is 7.32. The minimum atomic E-state index is -0.453. The van der Waals surface area contributed by atoms with E-state index in [1.807, 2.05) is 90.3 Å². The number of thioether (sulfide) groups is 1. The van der Waals surface area contributed by atoms with E-state index in [1.165, 1.54) is 23.1 Å². The topological polar surface area (TPSA) is 71.1 Å². The van der Waals surface area contributed by atoms with Crippen LogP contribution in [0.25, 0.3) is 11.3 Å². The maximum absolute atomic E-state index is 13.4. The fourth-order valence-electron chi connectivity index (χ4n) is 3.46. The van der Waals surface area contributed by atoms with Crippen molar-refractivity contribution in [1.29, 1.82) is 0 Å². The van der Waals surface area contributed by atoms with E-state index in [9.17, 15) is 9.59 Å². The highest BCUT2D eigenvalue weighted by Crippen LogP contribution is 2.37. The molecule has 1 heterocycles. The molecule has 0 bridgehead atoms. The first-order valence-electron chi connectivity index (χ1n) is 11.6. The van der Waals surface area contributed by atoms with E-state index < -0.39 is 5.25 Å². The van der Waals surface area contributed by atoms with Gasteiger partial charge < -0.3 is 10.6 Å². The molecule has 2 N–H and O–H groups in total. The lowest BCUT2D eigenvalue weighted by atomic mass is 10.1. The SMILES string of the molecule is CCCCC(=O)Nc1ccc(SC(C(=O)Nc2nc(-c3ccccc3)cs2)c2ccccc2)cc1. The highest BCUT2D eigenvalue weighted by Gasteiger charge is 2.23. The zero-order valence-corrected chi connectivity index (χ0v) is 21.1. The third kappa shape index (κ3) is 7.04. The third-order valence-electron chi connectivity index (χ3n) is 5.29. The number of hydrogen-bond donors (Lipinski definition) is 2. The Hall–Kier alpha value is -3.42. The number of carbonyl (C=O) groups is 2. The van der Waals surface area contributed by atoms with Crippen LogP contribution in [0.2, 0.25) is 0 Å². The zero-order chi connectivity index (χ0) is 24.5. The number of aromatic nitrogens is 1. The number of carbonyl (C=O) groups excluding carboxylic acids is 2. The van der Waals surface area contributed by atoms with Crippen molar-refractivity contribution in [2.75, 3.05) is 10.6 Å². The van der Waals surface area contributed by atoms with Crippen molar-refractivity contribution < 1.29 is 9.59 Å². The number of nitrogens with zero attached hydrogens (tertiary/aromatic N) is 1. The van der Waals surface area contributed by atoms with E-state index in [0.717, 1.165) is 40.2 Å². The molecule has 2 amide bonds. The number of nitrogens with one attached hydrogen (secondary N) is 2. The van der Waals surface area contributed by atoms with E-state index in [1.54, 1.807) is 0 Å². The Morgan fingerprint density at radius 2 is 1.60 bits per heavy atom. The fraction of sp³-hybridized carbons (Fsp3) is 0.179. The van der Waals surface area contributed by atoms with Crippen molar-refractivity contribution in [3.63, 3.8) is 0 Å². The van der Waals surface area contributed by atoms with Crippen LogP contribution >= 0.6 is 23.1 Å². The summed E-state index contributed by atoms with van der Waals surface area (Å²) in [6.45, 7) is 2.06. The highest BCUT2D eigenvalue weighted by molar-refractivity contribution is 8.00. The van der Waals surface area contributed by atoms with Crippen LogP contribution in [0.3, 0.4) is 0 Å². The van der Waals surface area contributed by atoms with Gasteiger partial charge in [0.15, 0.2) is 5.13 Å². The fourth-order valence-corrected chi connectivity index (χ4v) is 5.21. The minimum Gasteiger partial charge on any atom is -0.326 e. The number of unbranched alkanes of at least 4 members (excludes halogenated alkanes) is 1. The van der Waals surface area contributed by atoms with Gasteiger partial charge in [-0.1, -0.05) is 74.0 Å². The second kappa shape index (κ2) is 12.3. The number of benzene rings is 3. The molecule has 0 saturated carbocycles. The molecule has 178 valence electrons. The van der Waals surface area contributed by atoms with Crippen molar-refractivity contribution in [2.24, 2.45) is 0 Å². The summed E-state index contributed by atoms with van der Waals surface area (Å²) < 4.78 is 0. The van der Waals surface area contributed by atoms with Gasteiger partial charge in [0.1, 0.15) is 5.25 Å². The predicted molar refractivity (Wildman–Crippen MR) is 146 cm³/mol. The van der Waals surface area contributed by atoms with Crippen LogP contribution < -0.4 is 10.6 Å². The van der Waals surface area contributed by atoms with Crippen LogP contribution in [0.5, 0.6) is 0 Å². The molecule has 0 saturated heterocycles. The van der Waals surface area contributed by atoms with Gasteiger partial charge >= 0.3 is 0 Å². The van der Waals surface area contributed by atoms with Gasteiger partial charge in [-0.3, -0.25) is 9.59 Å². The molecule has 4 rings (SSSR count). The Bertz CT molecular complexity index is 1240. The Morgan fingerprint density at radius 1 is 0.914 bits per heavy atom. The lowest BCUT2D eigenvalue weighted by molar-refractivity contribution is -0.116. The van der Waals surface area contributed by atoms with Gasteiger partial charge in [0, 0.05) is 27.9 Å². The summed E-state index contributed by atoms with van der Waals surface area (Å²) in [5, 5.41) is 7.99. The first kappa shape index (κ1) is 24.7. The summed E-state index contributed by atoms with van der Waals surface area (Å²) in [4.78, 5) is 30.9. The van der Waals surface area contributed by atoms with E-state index in [-0.39, 0.29) is 11.8 Å². The molecule has 5 nitrogen and oxygen atoms in total. The minimum absolute atomic E-state index is 0.0205. The van der Waals surface area contributed by atoms with Crippen LogP contribution in [-0.2, 0) is 9.59 Å². The zero-order valence-electron chi connectivity index (χ0n) is 19.4. The van der Waals surface area contributed by atoms with Gasteiger partial charge in [-0.2, -0.15) is 0 Å². The van der Waals surface area contributed by atoms with E-state index in [0.29, 0.717) is 11.6 Å². The van der Waals surface area contributed by atoms with Gasteiger partial charge in [-0.25, -0.2) is 4.98 Å². The summed E-state index contributed by atoms with van der Waals surface area (Å²) in [6, 6.07) is 27.2. The van der Waals surface area contributed by atoms with Crippen molar-refractivity contribution in [3.8, 4) is 11.3 Å². The van der Waals surface area contributed by atoms with E-state index >= 15 is 0 Å². The van der Waals surface area contributed by atoms with Crippen molar-refractivity contribution >= 4 is 45.7 Å². The Labute approximate surface area is 214 Å². The lowest BCUT2D eigenvalue weighted by Crippen LogP contribution is -2.19. The molecule has 7 heteroatoms. The van der Waals surface area contributed by atoms with Crippen LogP contribution in [0, 0.1) is 0 Å². The Balaban J connectivity index is 1.47. The van der Waals surface area contributed by atoms with Crippen LogP contribution in [0.4, 0.5) is 10.8 Å². The molecule has 1 atom stereocenters. The van der Waals surface area contributed by atoms with E-state index in [4.69, 9.17) is 0 Å². The van der Waals surface area contributed by atoms with Crippen molar-refractivity contribution in [1.82, 2.24) is 4.98 Å². The number of hydrogen-bond acceptors (Lipinski definition) is 5. The smallest absolute Gasteiger partial charge is 0.244 e. The molecule has 4 aromatic rings. The monoisotopic (exact) mass is 501 g/mol. The molecule has 1 aromatic heterocycles. The molecule has 0 aliphatic heterocycles. The molecule has 0 radical (unpaired) electrons. The Morgan fingerprint density at radius 3 is 2.29 bits per heavy atom. The van der Waals surface area contributed by atoms with Crippen molar-refractivity contribution in [2.45, 2.75) is 36.3 Å². The average molecular weight is 502 g/mol. The first-order chi connectivity index (χ1) is 17.1. The largest absolute Gasteiger partial charge is 0.326 e. The molecule has 0 spiro atoms. The molecule has 0 aliphatic carbocycles. The van der Waals surface area contributed by atoms with Gasteiger partial charge in [0.2, 0.25) is 11.8 Å². The molecule has 35 heavy (non-hydrogen) atoms. The maximum atomic E-state index is 13.4. The number of thiazole rings is 1. The number of amides is 2. The lowest BCUT2D eigenvalue weighted by Gasteiger charge is -2.16. The highest BCUT2D eigenvalue weighted by atomic mass is 32.2. The summed E-state index contributed by atoms with van der Waals surface area (Å²) in [6.07, 6.45) is 2.38. The molecule has 0 aliphatic rings. The quantitative estimate of drug-likeness (QED) is 0.222. The first-order valence-corrected chi connectivity index (χ1v) is 13.3. The summed E-state index contributed by atoms with van der Waals surface area (Å²) in [5.74, 6) is -0.112.